The highest BCUT2D eigenvalue weighted by Crippen LogP contribution is 2.09. The minimum Gasteiger partial charge on any atom is -0.466 e. The van der Waals surface area contributed by atoms with Crippen LogP contribution in [0.5, 0.6) is 0 Å². The largest absolute Gasteiger partial charge is 0.466 e. The fourth-order valence-corrected chi connectivity index (χ4v) is 1.63. The first-order chi connectivity index (χ1) is 9.19. The van der Waals surface area contributed by atoms with Crippen molar-refractivity contribution in [2.24, 2.45) is 0 Å². The Kier molecular flexibility index (Phi) is 6.60. The van der Waals surface area contributed by atoms with E-state index in [1.165, 1.54) is 0 Å². The third-order valence-corrected chi connectivity index (χ3v) is 2.48. The van der Waals surface area contributed by atoms with E-state index in [1.54, 1.807) is 26.2 Å². The van der Waals surface area contributed by atoms with Gasteiger partial charge in [-0.15, -0.1) is 0 Å². The highest BCUT2D eigenvalue weighted by atomic mass is 16.5. The standard InChI is InChI=1S/C14H19NO4/c1-3-19-13(16)8-9-15-14(17)12-7-5-4-6-11(12)10-18-2/h4-7H,3,8-10H2,1-2H3,(H,15,17). The van der Waals surface area contributed by atoms with Gasteiger partial charge in [0.05, 0.1) is 19.6 Å². The van der Waals surface area contributed by atoms with Crippen molar-refractivity contribution >= 4 is 11.9 Å². The molecule has 5 heteroatoms. The van der Waals surface area contributed by atoms with Crippen molar-refractivity contribution in [3.05, 3.63) is 35.4 Å². The van der Waals surface area contributed by atoms with Gasteiger partial charge in [0.2, 0.25) is 0 Å². The van der Waals surface area contributed by atoms with Crippen molar-refractivity contribution in [2.45, 2.75) is 20.0 Å². The first-order valence-corrected chi connectivity index (χ1v) is 6.19. The number of esters is 1. The number of hydrogen-bond acceptors (Lipinski definition) is 4. The monoisotopic (exact) mass is 265 g/mol. The van der Waals surface area contributed by atoms with Gasteiger partial charge in [0.1, 0.15) is 0 Å². The molecule has 0 bridgehead atoms. The Balaban J connectivity index is 2.51. The quantitative estimate of drug-likeness (QED) is 0.759. The maximum atomic E-state index is 12.0. The zero-order valence-electron chi connectivity index (χ0n) is 11.3. The third kappa shape index (κ3) is 5.09. The van der Waals surface area contributed by atoms with Gasteiger partial charge in [0.25, 0.3) is 5.91 Å². The number of amides is 1. The first kappa shape index (κ1) is 15.2. The van der Waals surface area contributed by atoms with E-state index >= 15 is 0 Å². The summed E-state index contributed by atoms with van der Waals surface area (Å²) in [7, 11) is 1.58. The molecule has 1 rings (SSSR count). The molecule has 0 spiro atoms. The van der Waals surface area contributed by atoms with Crippen molar-refractivity contribution in [1.82, 2.24) is 5.32 Å². The normalized spacial score (nSPS) is 10.0. The van der Waals surface area contributed by atoms with Crippen molar-refractivity contribution in [1.29, 1.82) is 0 Å². The van der Waals surface area contributed by atoms with Crippen LogP contribution in [0.1, 0.15) is 29.3 Å². The number of nitrogens with one attached hydrogen (secondary N) is 1. The molecule has 19 heavy (non-hydrogen) atoms. The molecule has 104 valence electrons. The van der Waals surface area contributed by atoms with Gasteiger partial charge in [0, 0.05) is 19.2 Å². The summed E-state index contributed by atoms with van der Waals surface area (Å²) < 4.78 is 9.82. The molecule has 0 aliphatic carbocycles. The van der Waals surface area contributed by atoms with E-state index in [-0.39, 0.29) is 24.8 Å². The maximum Gasteiger partial charge on any atom is 0.307 e. The molecule has 0 heterocycles. The van der Waals surface area contributed by atoms with E-state index in [0.717, 1.165) is 5.56 Å². The summed E-state index contributed by atoms with van der Waals surface area (Å²) in [4.78, 5) is 23.1. The highest BCUT2D eigenvalue weighted by molar-refractivity contribution is 5.95. The summed E-state index contributed by atoms with van der Waals surface area (Å²) in [6.45, 7) is 2.74. The second-order valence-corrected chi connectivity index (χ2v) is 3.90. The van der Waals surface area contributed by atoms with Gasteiger partial charge in [-0.3, -0.25) is 9.59 Å². The molecule has 1 amide bonds. The molecule has 0 aliphatic rings. The third-order valence-electron chi connectivity index (χ3n) is 2.48. The Bertz CT molecular complexity index is 431. The van der Waals surface area contributed by atoms with Crippen LogP contribution in [0.2, 0.25) is 0 Å². The topological polar surface area (TPSA) is 64.6 Å². The summed E-state index contributed by atoms with van der Waals surface area (Å²) in [5.74, 6) is -0.523. The van der Waals surface area contributed by atoms with E-state index in [9.17, 15) is 9.59 Å². The van der Waals surface area contributed by atoms with Gasteiger partial charge in [-0.1, -0.05) is 18.2 Å². The average molecular weight is 265 g/mol. The first-order valence-electron chi connectivity index (χ1n) is 6.19. The van der Waals surface area contributed by atoms with Crippen molar-refractivity contribution < 1.29 is 19.1 Å². The Labute approximate surface area is 112 Å². The van der Waals surface area contributed by atoms with Crippen molar-refractivity contribution in [2.75, 3.05) is 20.3 Å². The molecule has 1 aromatic rings. The summed E-state index contributed by atoms with van der Waals surface area (Å²) in [6.07, 6.45) is 0.173. The van der Waals surface area contributed by atoms with Crippen molar-refractivity contribution in [3.8, 4) is 0 Å². The number of carbonyl (C=O) groups excluding carboxylic acids is 2. The number of benzene rings is 1. The molecule has 1 aromatic carbocycles. The smallest absolute Gasteiger partial charge is 0.307 e. The zero-order chi connectivity index (χ0) is 14.1. The van der Waals surface area contributed by atoms with E-state index < -0.39 is 0 Å². The number of methoxy groups -OCH3 is 1. The lowest BCUT2D eigenvalue weighted by molar-refractivity contribution is -0.142. The fraction of sp³-hybridized carbons (Fsp3) is 0.429. The molecular formula is C14H19NO4. The van der Waals surface area contributed by atoms with Crippen LogP contribution in [0.25, 0.3) is 0 Å². The lowest BCUT2D eigenvalue weighted by atomic mass is 10.1. The predicted molar refractivity (Wildman–Crippen MR) is 70.7 cm³/mol. The number of carbonyl (C=O) groups is 2. The molecule has 1 N–H and O–H groups in total. The highest BCUT2D eigenvalue weighted by Gasteiger charge is 2.10. The van der Waals surface area contributed by atoms with Gasteiger partial charge in [-0.25, -0.2) is 0 Å². The SMILES string of the molecule is CCOC(=O)CCNC(=O)c1ccccc1COC. The van der Waals surface area contributed by atoms with Crippen molar-refractivity contribution in [3.63, 3.8) is 0 Å². The molecular weight excluding hydrogens is 246 g/mol. The molecule has 0 aliphatic heterocycles. The molecule has 0 aromatic heterocycles. The van der Waals surface area contributed by atoms with Crippen LogP contribution in [-0.4, -0.2) is 32.1 Å². The fourth-order valence-electron chi connectivity index (χ4n) is 1.63. The Morgan fingerprint density at radius 2 is 2.00 bits per heavy atom. The minimum absolute atomic E-state index is 0.173. The zero-order valence-corrected chi connectivity index (χ0v) is 11.3. The minimum atomic E-state index is -0.312. The van der Waals surface area contributed by atoms with E-state index in [1.807, 2.05) is 12.1 Å². The second-order valence-electron chi connectivity index (χ2n) is 3.90. The molecule has 0 saturated carbocycles. The van der Waals surface area contributed by atoms with Gasteiger partial charge in [-0.05, 0) is 18.6 Å². The summed E-state index contributed by atoms with van der Waals surface area (Å²) in [6, 6.07) is 7.21. The Morgan fingerprint density at radius 1 is 1.26 bits per heavy atom. The van der Waals surface area contributed by atoms with Gasteiger partial charge in [0.15, 0.2) is 0 Å². The van der Waals surface area contributed by atoms with Crippen LogP contribution in [0, 0.1) is 0 Å². The Hall–Kier alpha value is -1.88. The molecule has 0 fully saturated rings. The summed E-state index contributed by atoms with van der Waals surface area (Å²) >= 11 is 0. The van der Waals surface area contributed by atoms with E-state index in [2.05, 4.69) is 5.32 Å². The molecule has 0 saturated heterocycles. The van der Waals surface area contributed by atoms with Gasteiger partial charge >= 0.3 is 5.97 Å². The second kappa shape index (κ2) is 8.26. The van der Waals surface area contributed by atoms with Gasteiger partial charge < -0.3 is 14.8 Å². The van der Waals surface area contributed by atoms with Crippen LogP contribution in [0.4, 0.5) is 0 Å². The lowest BCUT2D eigenvalue weighted by Gasteiger charge is -2.09. The number of rotatable bonds is 7. The van der Waals surface area contributed by atoms with Crippen LogP contribution < -0.4 is 5.32 Å². The van der Waals surface area contributed by atoms with E-state index in [4.69, 9.17) is 9.47 Å². The molecule has 0 unspecified atom stereocenters. The van der Waals surface area contributed by atoms with Crippen LogP contribution in [0.3, 0.4) is 0 Å². The Morgan fingerprint density at radius 3 is 2.68 bits per heavy atom. The molecule has 0 atom stereocenters. The lowest BCUT2D eigenvalue weighted by Crippen LogP contribution is -2.27. The van der Waals surface area contributed by atoms with Crippen LogP contribution in [0.15, 0.2) is 24.3 Å². The van der Waals surface area contributed by atoms with Gasteiger partial charge in [-0.2, -0.15) is 0 Å². The summed E-state index contributed by atoms with van der Waals surface area (Å²) in [5.41, 5.74) is 1.38. The molecule has 0 radical (unpaired) electrons. The maximum absolute atomic E-state index is 12.0. The van der Waals surface area contributed by atoms with Crippen LogP contribution >= 0.6 is 0 Å². The number of hydrogen-bond donors (Lipinski definition) is 1. The van der Waals surface area contributed by atoms with E-state index in [0.29, 0.717) is 18.8 Å². The molecule has 5 nitrogen and oxygen atoms in total. The average Bonchev–Trinajstić information content (AvgIpc) is 2.40. The predicted octanol–water partition coefficient (Wildman–Crippen LogP) is 1.52. The number of ether oxygens (including phenoxy) is 2. The van der Waals surface area contributed by atoms with Crippen LogP contribution in [-0.2, 0) is 20.9 Å². The summed E-state index contributed by atoms with van der Waals surface area (Å²) in [5, 5.41) is 2.69.